The Morgan fingerprint density at radius 3 is 1.34 bits per heavy atom. The molecule has 258 valence electrons. The van der Waals surface area contributed by atoms with Crippen molar-refractivity contribution in [3.63, 3.8) is 0 Å². The number of aromatic nitrogens is 6. The molecule has 5 aromatic carbocycles. The molecule has 0 spiro atoms. The molecule has 4 aliphatic heterocycles. The maximum absolute atomic E-state index is 14.0. The zero-order valence-electron chi connectivity index (χ0n) is 28.3. The van der Waals surface area contributed by atoms with Gasteiger partial charge in [0.2, 0.25) is 0 Å². The summed E-state index contributed by atoms with van der Waals surface area (Å²) in [7, 11) is 0. The highest BCUT2D eigenvalue weighted by molar-refractivity contribution is 6.30. The number of halogens is 3. The molecule has 0 unspecified atom stereocenters. The van der Waals surface area contributed by atoms with E-state index < -0.39 is 0 Å². The van der Waals surface area contributed by atoms with Gasteiger partial charge < -0.3 is 9.13 Å². The molecule has 4 aliphatic rings. The molecule has 0 bridgehead atoms. The van der Waals surface area contributed by atoms with Crippen LogP contribution in [0.25, 0.3) is 56.7 Å². The maximum atomic E-state index is 14.0. The summed E-state index contributed by atoms with van der Waals surface area (Å²) in [5, 5.41) is 0.718. The van der Waals surface area contributed by atoms with E-state index in [-0.39, 0.29) is 11.6 Å². The maximum Gasteiger partial charge on any atom is 0.163 e. The van der Waals surface area contributed by atoms with Gasteiger partial charge in [0.05, 0.1) is 22.5 Å². The lowest BCUT2D eigenvalue weighted by atomic mass is 10.0. The van der Waals surface area contributed by atoms with Gasteiger partial charge in [0.25, 0.3) is 0 Å². The first-order chi connectivity index (χ1) is 25.9. The fourth-order valence-corrected chi connectivity index (χ4v) is 6.20. The van der Waals surface area contributed by atoms with Crippen LogP contribution >= 0.6 is 11.6 Å². The predicted octanol–water partition coefficient (Wildman–Crippen LogP) is 10.8. The van der Waals surface area contributed by atoms with Crippen LogP contribution in [0.4, 0.5) is 8.78 Å². The van der Waals surface area contributed by atoms with Crippen LogP contribution in [0, 0.1) is 11.6 Å². The van der Waals surface area contributed by atoms with Crippen molar-refractivity contribution in [3.8, 4) is 56.7 Å². The average molecular weight is 717 g/mol. The second-order valence-electron chi connectivity index (χ2n) is 12.5. The summed E-state index contributed by atoms with van der Waals surface area (Å²) in [6.45, 7) is 1.43. The molecule has 0 aliphatic carbocycles. The smallest absolute Gasteiger partial charge is 0.163 e. The molecule has 0 aromatic heterocycles. The molecule has 0 saturated carbocycles. The van der Waals surface area contributed by atoms with Crippen molar-refractivity contribution in [1.82, 2.24) is 29.1 Å². The largest absolute Gasteiger partial charge is 0.348 e. The summed E-state index contributed by atoms with van der Waals surface area (Å²) in [5.41, 5.74) is 8.59. The fourth-order valence-electron chi connectivity index (χ4n) is 6.07. The lowest BCUT2D eigenvalue weighted by Gasteiger charge is -2.09. The quantitative estimate of drug-likeness (QED) is 0.165. The van der Waals surface area contributed by atoms with Crippen LogP contribution in [0.5, 0.6) is 0 Å². The molecule has 9 rings (SSSR count). The molecule has 4 heterocycles. The highest BCUT2D eigenvalue weighted by atomic mass is 35.5. The van der Waals surface area contributed by atoms with Crippen LogP contribution in [-0.2, 0) is 13.1 Å². The molecular formula is C44H31ClF2N6. The highest BCUT2D eigenvalue weighted by Crippen LogP contribution is 2.28. The van der Waals surface area contributed by atoms with Crippen molar-refractivity contribution in [1.29, 1.82) is 0 Å². The van der Waals surface area contributed by atoms with Gasteiger partial charge in [0, 0.05) is 42.9 Å². The van der Waals surface area contributed by atoms with Gasteiger partial charge in [-0.25, -0.2) is 28.7 Å². The fraction of sp³-hybridized carbons (Fsp3) is 0.0455. The standard InChI is InChI=1S/C25H18FN3.C19H13ClFN3/c26-22-9-5-4-8-21(22)25-27-23-14-15-29(17-24(23)28-25)16-18-10-12-20(13-11-18)19-6-2-1-3-7-19;20-14-7-5-13(6-8-14)11-24-10-9-17-18(12-24)23-19(22-17)15-3-1-2-4-16(15)21/h1-15,17H,16H2;1-10,12H,11H2. The molecule has 9 heteroatoms. The van der Waals surface area contributed by atoms with E-state index in [1.165, 1.54) is 28.8 Å². The van der Waals surface area contributed by atoms with E-state index in [1.54, 1.807) is 36.4 Å². The van der Waals surface area contributed by atoms with Crippen LogP contribution in [0.2, 0.25) is 5.02 Å². The molecule has 0 N–H and O–H groups in total. The molecule has 6 nitrogen and oxygen atoms in total. The Bertz CT molecular complexity index is 2550. The summed E-state index contributed by atoms with van der Waals surface area (Å²) in [4.78, 5) is 17.9. The van der Waals surface area contributed by atoms with E-state index in [9.17, 15) is 8.78 Å². The first kappa shape index (κ1) is 33.6. The van der Waals surface area contributed by atoms with Crippen molar-refractivity contribution in [2.75, 3.05) is 0 Å². The zero-order valence-corrected chi connectivity index (χ0v) is 29.1. The van der Waals surface area contributed by atoms with E-state index >= 15 is 0 Å². The predicted molar refractivity (Wildman–Crippen MR) is 206 cm³/mol. The normalized spacial score (nSPS) is 11.1. The topological polar surface area (TPSA) is 61.4 Å². The van der Waals surface area contributed by atoms with E-state index in [1.807, 2.05) is 84.0 Å². The van der Waals surface area contributed by atoms with Crippen LogP contribution in [0.3, 0.4) is 0 Å². The molecule has 53 heavy (non-hydrogen) atoms. The van der Waals surface area contributed by atoms with E-state index in [0.717, 1.165) is 39.9 Å². The van der Waals surface area contributed by atoms with Gasteiger partial charge in [-0.3, -0.25) is 0 Å². The van der Waals surface area contributed by atoms with Crippen molar-refractivity contribution in [2.24, 2.45) is 0 Å². The molecule has 0 atom stereocenters. The second kappa shape index (κ2) is 15.0. The summed E-state index contributed by atoms with van der Waals surface area (Å²) < 4.78 is 32.0. The Morgan fingerprint density at radius 1 is 0.434 bits per heavy atom. The van der Waals surface area contributed by atoms with E-state index in [0.29, 0.717) is 29.3 Å². The number of pyridine rings is 2. The summed E-state index contributed by atoms with van der Waals surface area (Å²) in [6, 6.07) is 43.5. The Kier molecular flexibility index (Phi) is 9.51. The Morgan fingerprint density at radius 2 is 0.849 bits per heavy atom. The first-order valence-electron chi connectivity index (χ1n) is 17.0. The minimum absolute atomic E-state index is 0.311. The van der Waals surface area contributed by atoms with Gasteiger partial charge >= 0.3 is 0 Å². The molecule has 0 radical (unpaired) electrons. The number of hydrogen-bond donors (Lipinski definition) is 0. The van der Waals surface area contributed by atoms with Crippen LogP contribution in [0.15, 0.2) is 164 Å². The van der Waals surface area contributed by atoms with Crippen LogP contribution in [-0.4, -0.2) is 29.1 Å². The SMILES string of the molecule is Fc1ccccc1-c1nc2ccn(Cc3ccc(-c4ccccc4)cc3)cc-2n1.Fc1ccccc1-c1nc2ccn(Cc3ccc(Cl)cc3)cc-2n1. The van der Waals surface area contributed by atoms with E-state index in [2.05, 4.69) is 60.9 Å². The van der Waals surface area contributed by atoms with Crippen molar-refractivity contribution < 1.29 is 8.78 Å². The third kappa shape index (κ3) is 7.73. The lowest BCUT2D eigenvalue weighted by molar-refractivity contribution is 0.630. The molecule has 0 saturated heterocycles. The van der Waals surface area contributed by atoms with Gasteiger partial charge in [-0.05, 0) is 70.8 Å². The van der Waals surface area contributed by atoms with Crippen molar-refractivity contribution >= 4 is 11.6 Å². The molecule has 5 aromatic rings. The van der Waals surface area contributed by atoms with Gasteiger partial charge in [-0.2, -0.15) is 0 Å². The first-order valence-corrected chi connectivity index (χ1v) is 17.4. The molecule has 0 fully saturated rings. The Labute approximate surface area is 310 Å². The number of benzene rings is 5. The number of fused-ring (bicyclic) bond motifs is 2. The minimum atomic E-state index is -0.318. The number of imidazole rings is 2. The van der Waals surface area contributed by atoms with E-state index in [4.69, 9.17) is 11.6 Å². The lowest BCUT2D eigenvalue weighted by Crippen LogP contribution is -2.00. The Hall–Kier alpha value is -6.51. The number of hydrogen-bond acceptors (Lipinski definition) is 4. The summed E-state index contributed by atoms with van der Waals surface area (Å²) in [6.07, 6.45) is 7.79. The van der Waals surface area contributed by atoms with Crippen LogP contribution in [0.1, 0.15) is 11.1 Å². The van der Waals surface area contributed by atoms with Crippen LogP contribution < -0.4 is 0 Å². The average Bonchev–Trinajstić information content (AvgIpc) is 3.81. The number of rotatable bonds is 7. The summed E-state index contributed by atoms with van der Waals surface area (Å²) in [5.74, 6) is 0.200. The van der Waals surface area contributed by atoms with Crippen molar-refractivity contribution in [3.05, 3.63) is 192 Å². The minimum Gasteiger partial charge on any atom is -0.348 e. The van der Waals surface area contributed by atoms with Gasteiger partial charge in [0.1, 0.15) is 23.0 Å². The third-order valence-corrected chi connectivity index (χ3v) is 9.04. The Balaban J connectivity index is 0.000000154. The summed E-state index contributed by atoms with van der Waals surface area (Å²) >= 11 is 5.91. The second-order valence-corrected chi connectivity index (χ2v) is 13.0. The monoisotopic (exact) mass is 716 g/mol. The highest BCUT2D eigenvalue weighted by Gasteiger charge is 2.16. The van der Waals surface area contributed by atoms with Gasteiger partial charge in [-0.1, -0.05) is 103 Å². The molecule has 0 amide bonds. The molecular weight excluding hydrogens is 686 g/mol. The van der Waals surface area contributed by atoms with Gasteiger partial charge in [-0.15, -0.1) is 0 Å². The van der Waals surface area contributed by atoms with Crippen molar-refractivity contribution in [2.45, 2.75) is 13.1 Å². The number of nitrogens with zero attached hydrogens (tertiary/aromatic N) is 6. The zero-order chi connectivity index (χ0) is 36.1. The third-order valence-electron chi connectivity index (χ3n) is 8.79. The van der Waals surface area contributed by atoms with Gasteiger partial charge in [0.15, 0.2) is 11.6 Å².